The number of carbonyl (C=O) groups is 2. The number of hydrogen-bond acceptors (Lipinski definition) is 6. The van der Waals surface area contributed by atoms with Crippen molar-refractivity contribution in [3.05, 3.63) is 17.2 Å². The summed E-state index contributed by atoms with van der Waals surface area (Å²) in [5.74, 6) is -0.272. The molecular weight excluding hydrogens is 326 g/mol. The van der Waals surface area contributed by atoms with E-state index >= 15 is 0 Å². The Morgan fingerprint density at radius 3 is 2.65 bits per heavy atom. The number of halogens is 1. The molecule has 1 aromatic rings. The van der Waals surface area contributed by atoms with Crippen molar-refractivity contribution in [2.24, 2.45) is 0 Å². The molecule has 1 atom stereocenters. The fourth-order valence-electron chi connectivity index (χ4n) is 2.14. The minimum atomic E-state index is -0.576. The number of carbonyl (C=O) groups excluding carboxylic acids is 2. The van der Waals surface area contributed by atoms with Crippen molar-refractivity contribution in [2.75, 3.05) is 32.8 Å². The van der Waals surface area contributed by atoms with Gasteiger partial charge in [-0.2, -0.15) is 0 Å². The second-order valence-electron chi connectivity index (χ2n) is 4.84. The maximum Gasteiger partial charge on any atom is 0.335 e. The van der Waals surface area contributed by atoms with Crippen molar-refractivity contribution in [3.63, 3.8) is 0 Å². The second kappa shape index (κ2) is 8.03. The summed E-state index contributed by atoms with van der Waals surface area (Å²) in [4.78, 5) is 23.6. The summed E-state index contributed by atoms with van der Waals surface area (Å²) in [6.07, 6.45) is 0.851. The molecule has 1 aliphatic heterocycles. The van der Waals surface area contributed by atoms with Crippen LogP contribution in [0.2, 0.25) is 5.02 Å². The molecule has 1 fully saturated rings. The van der Waals surface area contributed by atoms with Gasteiger partial charge < -0.3 is 24.3 Å². The predicted octanol–water partition coefficient (Wildman–Crippen LogP) is 2.02. The fraction of sp³-hybridized carbons (Fsp3) is 0.467. The maximum absolute atomic E-state index is 11.9. The Hall–Kier alpha value is -1.99. The van der Waals surface area contributed by atoms with Crippen LogP contribution in [-0.4, -0.2) is 45.4 Å². The van der Waals surface area contributed by atoms with Crippen LogP contribution >= 0.6 is 11.6 Å². The summed E-state index contributed by atoms with van der Waals surface area (Å²) in [5.41, 5.74) is 0.368. The van der Waals surface area contributed by atoms with Crippen LogP contribution in [0, 0.1) is 0 Å². The number of anilines is 1. The SMILES string of the molecule is COc1cc(NC(=O)COC(=O)[C@@H]2CCCO2)c(OC)cc1Cl. The monoisotopic (exact) mass is 343 g/mol. The zero-order valence-electron chi connectivity index (χ0n) is 12.9. The van der Waals surface area contributed by atoms with Crippen LogP contribution in [-0.2, 0) is 19.1 Å². The Balaban J connectivity index is 1.95. The number of methoxy groups -OCH3 is 2. The van der Waals surface area contributed by atoms with E-state index in [1.165, 1.54) is 26.4 Å². The van der Waals surface area contributed by atoms with Crippen LogP contribution in [0.4, 0.5) is 5.69 Å². The van der Waals surface area contributed by atoms with Gasteiger partial charge in [-0.05, 0) is 12.8 Å². The molecule has 7 nitrogen and oxygen atoms in total. The number of benzene rings is 1. The number of nitrogens with one attached hydrogen (secondary N) is 1. The van der Waals surface area contributed by atoms with E-state index in [1.807, 2.05) is 0 Å². The Morgan fingerprint density at radius 2 is 2.04 bits per heavy atom. The molecule has 0 bridgehead atoms. The van der Waals surface area contributed by atoms with Crippen molar-refractivity contribution in [2.45, 2.75) is 18.9 Å². The third-order valence-electron chi connectivity index (χ3n) is 3.29. The van der Waals surface area contributed by atoms with Gasteiger partial charge in [0.25, 0.3) is 5.91 Å². The lowest BCUT2D eigenvalue weighted by Gasteiger charge is -2.14. The van der Waals surface area contributed by atoms with Crippen LogP contribution in [0.25, 0.3) is 0 Å². The average molecular weight is 344 g/mol. The van der Waals surface area contributed by atoms with Crippen molar-refractivity contribution < 1.29 is 28.5 Å². The highest BCUT2D eigenvalue weighted by Crippen LogP contribution is 2.35. The summed E-state index contributed by atoms with van der Waals surface area (Å²) in [5, 5.41) is 2.94. The average Bonchev–Trinajstić information content (AvgIpc) is 3.08. The normalized spacial score (nSPS) is 16.7. The predicted molar refractivity (Wildman–Crippen MR) is 83.1 cm³/mol. The van der Waals surface area contributed by atoms with Crippen LogP contribution in [0.5, 0.6) is 11.5 Å². The number of ether oxygens (including phenoxy) is 4. The molecule has 126 valence electrons. The van der Waals surface area contributed by atoms with Crippen LogP contribution in [0.15, 0.2) is 12.1 Å². The molecule has 0 radical (unpaired) electrons. The quantitative estimate of drug-likeness (QED) is 0.796. The lowest BCUT2D eigenvalue weighted by molar-refractivity contribution is -0.156. The molecule has 0 aromatic heterocycles. The second-order valence-corrected chi connectivity index (χ2v) is 5.25. The molecule has 0 unspecified atom stereocenters. The molecule has 1 amide bonds. The van der Waals surface area contributed by atoms with Gasteiger partial charge in [-0.15, -0.1) is 0 Å². The number of esters is 1. The smallest absolute Gasteiger partial charge is 0.335 e. The standard InChI is InChI=1S/C15H18ClNO6/c1-20-12-7-10(13(21-2)6-9(12)16)17-14(18)8-23-15(19)11-4-3-5-22-11/h6-7,11H,3-5,8H2,1-2H3,(H,17,18)/t11-/m0/s1. The van der Waals surface area contributed by atoms with Crippen molar-refractivity contribution in [3.8, 4) is 11.5 Å². The topological polar surface area (TPSA) is 83.1 Å². The molecule has 8 heteroatoms. The lowest BCUT2D eigenvalue weighted by Crippen LogP contribution is -2.27. The molecule has 0 aliphatic carbocycles. The lowest BCUT2D eigenvalue weighted by atomic mass is 10.2. The molecule has 0 spiro atoms. The van der Waals surface area contributed by atoms with Crippen LogP contribution < -0.4 is 14.8 Å². The number of amides is 1. The Bertz CT molecular complexity index is 586. The Labute approximate surface area is 138 Å². The summed E-state index contributed by atoms with van der Waals surface area (Å²) in [6, 6.07) is 3.05. The van der Waals surface area contributed by atoms with E-state index in [9.17, 15) is 9.59 Å². The maximum atomic E-state index is 11.9. The summed E-state index contributed by atoms with van der Waals surface area (Å²) in [6.45, 7) is 0.126. The molecule has 1 heterocycles. The fourth-order valence-corrected chi connectivity index (χ4v) is 2.37. The van der Waals surface area contributed by atoms with E-state index in [2.05, 4.69) is 5.32 Å². The Morgan fingerprint density at radius 1 is 1.30 bits per heavy atom. The summed E-state index contributed by atoms with van der Waals surface area (Å²) >= 11 is 5.99. The molecule has 0 saturated carbocycles. The van der Waals surface area contributed by atoms with Crippen LogP contribution in [0.3, 0.4) is 0 Å². The van der Waals surface area contributed by atoms with Crippen molar-refractivity contribution >= 4 is 29.2 Å². The summed E-state index contributed by atoms with van der Waals surface area (Å²) in [7, 11) is 2.91. The highest BCUT2D eigenvalue weighted by Gasteiger charge is 2.25. The van der Waals surface area contributed by atoms with E-state index in [1.54, 1.807) is 0 Å². The first-order valence-electron chi connectivity index (χ1n) is 7.04. The largest absolute Gasteiger partial charge is 0.495 e. The molecule has 2 rings (SSSR count). The van der Waals surface area contributed by atoms with Gasteiger partial charge in [0.05, 0.1) is 24.9 Å². The highest BCUT2D eigenvalue weighted by molar-refractivity contribution is 6.32. The van der Waals surface area contributed by atoms with E-state index in [4.69, 9.17) is 30.5 Å². The first kappa shape index (κ1) is 17.4. The highest BCUT2D eigenvalue weighted by atomic mass is 35.5. The molecule has 1 saturated heterocycles. The van der Waals surface area contributed by atoms with Gasteiger partial charge in [0.1, 0.15) is 11.5 Å². The van der Waals surface area contributed by atoms with Gasteiger partial charge in [-0.1, -0.05) is 11.6 Å². The van der Waals surface area contributed by atoms with Gasteiger partial charge in [-0.3, -0.25) is 4.79 Å². The summed E-state index contributed by atoms with van der Waals surface area (Å²) < 4.78 is 20.4. The van der Waals surface area contributed by atoms with Gasteiger partial charge in [0.15, 0.2) is 12.7 Å². The van der Waals surface area contributed by atoms with Crippen molar-refractivity contribution in [1.82, 2.24) is 0 Å². The minimum absolute atomic E-state index is 0.354. The van der Waals surface area contributed by atoms with Gasteiger partial charge in [-0.25, -0.2) is 4.79 Å². The zero-order valence-corrected chi connectivity index (χ0v) is 13.6. The van der Waals surface area contributed by atoms with E-state index in [-0.39, 0.29) is 0 Å². The molecule has 1 N–H and O–H groups in total. The minimum Gasteiger partial charge on any atom is -0.495 e. The zero-order chi connectivity index (χ0) is 16.8. The van der Waals surface area contributed by atoms with Crippen molar-refractivity contribution in [1.29, 1.82) is 0 Å². The van der Waals surface area contributed by atoms with E-state index in [0.29, 0.717) is 35.2 Å². The van der Waals surface area contributed by atoms with Gasteiger partial charge in [0, 0.05) is 18.7 Å². The van der Waals surface area contributed by atoms with Gasteiger partial charge >= 0.3 is 5.97 Å². The first-order chi connectivity index (χ1) is 11.0. The van der Waals surface area contributed by atoms with Crippen LogP contribution in [0.1, 0.15) is 12.8 Å². The molecular formula is C15H18ClNO6. The first-order valence-corrected chi connectivity index (χ1v) is 7.42. The molecule has 23 heavy (non-hydrogen) atoms. The molecule has 1 aromatic carbocycles. The third kappa shape index (κ3) is 4.49. The third-order valence-corrected chi connectivity index (χ3v) is 3.58. The number of hydrogen-bond donors (Lipinski definition) is 1. The van der Waals surface area contributed by atoms with Gasteiger partial charge in [0.2, 0.25) is 0 Å². The Kier molecular flexibility index (Phi) is 6.06. The molecule has 1 aliphatic rings. The van der Waals surface area contributed by atoms with E-state index in [0.717, 1.165) is 6.42 Å². The van der Waals surface area contributed by atoms with E-state index < -0.39 is 24.6 Å². The number of rotatable bonds is 6.